The minimum Gasteiger partial charge on any atom is -0.306 e. The molecule has 72 valence electrons. The Bertz CT molecular complexity index is 330. The van der Waals surface area contributed by atoms with E-state index in [9.17, 15) is 4.79 Å². The first-order valence-corrected chi connectivity index (χ1v) is 4.00. The van der Waals surface area contributed by atoms with Crippen LogP contribution < -0.4 is 10.8 Å². The van der Waals surface area contributed by atoms with Crippen molar-refractivity contribution in [3.8, 4) is 12.3 Å². The zero-order valence-electron chi connectivity index (χ0n) is 7.49. The highest BCUT2D eigenvalue weighted by Gasteiger charge is 1.98. The zero-order valence-corrected chi connectivity index (χ0v) is 7.49. The van der Waals surface area contributed by atoms with Crippen molar-refractivity contribution in [3.63, 3.8) is 0 Å². The zero-order chi connectivity index (χ0) is 10.2. The predicted molar refractivity (Wildman–Crippen MR) is 53.4 cm³/mol. The molecule has 0 aliphatic heterocycles. The number of hydroxylamine groups is 1. The van der Waals surface area contributed by atoms with E-state index >= 15 is 0 Å². The third-order valence-electron chi connectivity index (χ3n) is 1.35. The van der Waals surface area contributed by atoms with E-state index in [2.05, 4.69) is 21.6 Å². The number of urea groups is 1. The highest BCUT2D eigenvalue weighted by atomic mass is 16.7. The minimum atomic E-state index is -0.452. The van der Waals surface area contributed by atoms with Gasteiger partial charge in [0.15, 0.2) is 0 Å². The lowest BCUT2D eigenvalue weighted by Gasteiger charge is -2.05. The Morgan fingerprint density at radius 1 is 1.43 bits per heavy atom. The Morgan fingerprint density at radius 3 is 2.79 bits per heavy atom. The van der Waals surface area contributed by atoms with Gasteiger partial charge in [-0.3, -0.25) is 4.84 Å². The van der Waals surface area contributed by atoms with E-state index in [-0.39, 0.29) is 6.61 Å². The molecule has 0 fully saturated rings. The second kappa shape index (κ2) is 5.62. The molecule has 4 nitrogen and oxygen atoms in total. The van der Waals surface area contributed by atoms with E-state index in [0.717, 1.165) is 0 Å². The summed E-state index contributed by atoms with van der Waals surface area (Å²) in [5.74, 6) is 2.22. The van der Waals surface area contributed by atoms with Crippen LogP contribution in [-0.2, 0) is 4.84 Å². The van der Waals surface area contributed by atoms with E-state index in [1.165, 1.54) is 0 Å². The number of para-hydroxylation sites is 1. The predicted octanol–water partition coefficient (Wildman–Crippen LogP) is 1.37. The van der Waals surface area contributed by atoms with Gasteiger partial charge in [-0.15, -0.1) is 6.42 Å². The highest BCUT2D eigenvalue weighted by molar-refractivity contribution is 5.88. The summed E-state index contributed by atoms with van der Waals surface area (Å²) in [6.45, 7) is 0.0439. The minimum absolute atomic E-state index is 0.0439. The average Bonchev–Trinajstić information content (AvgIpc) is 2.20. The summed E-state index contributed by atoms with van der Waals surface area (Å²) >= 11 is 0. The fourth-order valence-corrected chi connectivity index (χ4v) is 0.821. The smallest absolute Gasteiger partial charge is 0.306 e. The molecule has 0 aliphatic rings. The molecule has 0 aromatic heterocycles. The van der Waals surface area contributed by atoms with Crippen LogP contribution in [0.2, 0.25) is 0 Å². The molecule has 0 unspecified atom stereocenters. The van der Waals surface area contributed by atoms with Crippen LogP contribution in [0, 0.1) is 12.3 Å². The molecule has 14 heavy (non-hydrogen) atoms. The fraction of sp³-hybridized carbons (Fsp3) is 0.100. The molecular formula is C10H10N2O2. The number of rotatable bonds is 3. The Labute approximate surface area is 82.2 Å². The van der Waals surface area contributed by atoms with E-state index in [4.69, 9.17) is 6.42 Å². The molecule has 1 aromatic carbocycles. The quantitative estimate of drug-likeness (QED) is 0.429. The van der Waals surface area contributed by atoms with E-state index in [1.54, 1.807) is 12.1 Å². The van der Waals surface area contributed by atoms with Gasteiger partial charge in [-0.2, -0.15) is 0 Å². The molecule has 4 heteroatoms. The number of carbonyl (C=O) groups is 1. The van der Waals surface area contributed by atoms with Gasteiger partial charge in [0.05, 0.1) is 0 Å². The normalized spacial score (nSPS) is 8.79. The van der Waals surface area contributed by atoms with Crippen LogP contribution in [0.4, 0.5) is 10.5 Å². The molecule has 1 aromatic rings. The number of anilines is 1. The van der Waals surface area contributed by atoms with Crippen molar-refractivity contribution >= 4 is 11.7 Å². The van der Waals surface area contributed by atoms with Crippen LogP contribution in [0.15, 0.2) is 30.3 Å². The van der Waals surface area contributed by atoms with E-state index in [0.29, 0.717) is 5.69 Å². The molecule has 2 N–H and O–H groups in total. The summed E-state index contributed by atoms with van der Waals surface area (Å²) in [5.41, 5.74) is 2.83. The Morgan fingerprint density at radius 2 is 2.14 bits per heavy atom. The van der Waals surface area contributed by atoms with E-state index in [1.807, 2.05) is 18.2 Å². The lowest BCUT2D eigenvalue weighted by Crippen LogP contribution is -2.28. The standard InChI is InChI=1S/C10H10N2O2/c1-2-8-14-12-10(13)11-9-6-4-3-5-7-9/h1,3-7H,8H2,(H2,11,12,13). The van der Waals surface area contributed by atoms with Gasteiger partial charge < -0.3 is 5.32 Å². The van der Waals surface area contributed by atoms with Crippen LogP contribution in [0.3, 0.4) is 0 Å². The fourth-order valence-electron chi connectivity index (χ4n) is 0.821. The third kappa shape index (κ3) is 3.61. The SMILES string of the molecule is C#CCONC(=O)Nc1ccccc1. The number of amides is 2. The molecule has 0 atom stereocenters. The first kappa shape index (κ1) is 10.1. The van der Waals surface area contributed by atoms with Crippen molar-refractivity contribution in [2.24, 2.45) is 0 Å². The number of nitrogens with one attached hydrogen (secondary N) is 2. The van der Waals surface area contributed by atoms with Crippen molar-refractivity contribution in [1.82, 2.24) is 5.48 Å². The number of hydrogen-bond donors (Lipinski definition) is 2. The second-order valence-corrected chi connectivity index (χ2v) is 2.42. The topological polar surface area (TPSA) is 50.4 Å². The average molecular weight is 190 g/mol. The Balaban J connectivity index is 2.32. The molecule has 1 rings (SSSR count). The van der Waals surface area contributed by atoms with Gasteiger partial charge in [0, 0.05) is 5.69 Å². The molecule has 0 bridgehead atoms. The van der Waals surface area contributed by atoms with Crippen molar-refractivity contribution in [3.05, 3.63) is 30.3 Å². The summed E-state index contributed by atoms with van der Waals surface area (Å²) in [5, 5.41) is 2.56. The molecule has 0 radical (unpaired) electrons. The summed E-state index contributed by atoms with van der Waals surface area (Å²) in [6, 6.07) is 8.57. The van der Waals surface area contributed by atoms with Gasteiger partial charge in [-0.1, -0.05) is 24.1 Å². The van der Waals surface area contributed by atoms with Crippen molar-refractivity contribution in [2.75, 3.05) is 11.9 Å². The van der Waals surface area contributed by atoms with Crippen molar-refractivity contribution in [2.45, 2.75) is 0 Å². The molecule has 0 spiro atoms. The Hall–Kier alpha value is -1.99. The number of benzene rings is 1. The number of hydrogen-bond acceptors (Lipinski definition) is 2. The monoisotopic (exact) mass is 190 g/mol. The van der Waals surface area contributed by atoms with Gasteiger partial charge in [0.1, 0.15) is 6.61 Å². The van der Waals surface area contributed by atoms with Crippen LogP contribution >= 0.6 is 0 Å². The maximum atomic E-state index is 11.1. The summed E-state index contributed by atoms with van der Waals surface area (Å²) in [6.07, 6.45) is 4.92. The number of terminal acetylenes is 1. The molecule has 2 amide bonds. The van der Waals surface area contributed by atoms with Crippen LogP contribution in [-0.4, -0.2) is 12.6 Å². The van der Waals surface area contributed by atoms with Crippen LogP contribution in [0.1, 0.15) is 0 Å². The van der Waals surface area contributed by atoms with Gasteiger partial charge in [0.2, 0.25) is 0 Å². The molecule has 0 heterocycles. The molecule has 0 aliphatic carbocycles. The lowest BCUT2D eigenvalue weighted by atomic mass is 10.3. The maximum Gasteiger partial charge on any atom is 0.343 e. The van der Waals surface area contributed by atoms with Crippen molar-refractivity contribution < 1.29 is 9.63 Å². The maximum absolute atomic E-state index is 11.1. The van der Waals surface area contributed by atoms with Gasteiger partial charge in [-0.25, -0.2) is 10.3 Å². The summed E-state index contributed by atoms with van der Waals surface area (Å²) in [7, 11) is 0. The number of carbonyl (C=O) groups excluding carboxylic acids is 1. The largest absolute Gasteiger partial charge is 0.343 e. The molecule has 0 saturated heterocycles. The highest BCUT2D eigenvalue weighted by Crippen LogP contribution is 2.03. The van der Waals surface area contributed by atoms with Crippen molar-refractivity contribution in [1.29, 1.82) is 0 Å². The van der Waals surface area contributed by atoms with Crippen LogP contribution in [0.25, 0.3) is 0 Å². The first-order valence-electron chi connectivity index (χ1n) is 4.00. The second-order valence-electron chi connectivity index (χ2n) is 2.42. The molecular weight excluding hydrogens is 180 g/mol. The van der Waals surface area contributed by atoms with Gasteiger partial charge in [-0.05, 0) is 12.1 Å². The van der Waals surface area contributed by atoms with E-state index < -0.39 is 6.03 Å². The van der Waals surface area contributed by atoms with Gasteiger partial charge in [0.25, 0.3) is 0 Å². The third-order valence-corrected chi connectivity index (χ3v) is 1.35. The van der Waals surface area contributed by atoms with Crippen LogP contribution in [0.5, 0.6) is 0 Å². The first-order chi connectivity index (χ1) is 6.83. The molecule has 0 saturated carbocycles. The lowest BCUT2D eigenvalue weighted by molar-refractivity contribution is 0.0907. The Kier molecular flexibility index (Phi) is 4.05. The summed E-state index contributed by atoms with van der Waals surface area (Å²) < 4.78 is 0. The summed E-state index contributed by atoms with van der Waals surface area (Å²) in [4.78, 5) is 15.7. The van der Waals surface area contributed by atoms with Gasteiger partial charge >= 0.3 is 6.03 Å².